The van der Waals surface area contributed by atoms with Crippen LogP contribution in [0.25, 0.3) is 0 Å². The molecule has 2 aliphatic rings. The van der Waals surface area contributed by atoms with Crippen LogP contribution in [0.2, 0.25) is 0 Å². The van der Waals surface area contributed by atoms with E-state index in [0.29, 0.717) is 25.9 Å². The summed E-state index contributed by atoms with van der Waals surface area (Å²) in [7, 11) is 0. The highest BCUT2D eigenvalue weighted by Gasteiger charge is 2.41. The van der Waals surface area contributed by atoms with E-state index in [9.17, 15) is 13.6 Å². The van der Waals surface area contributed by atoms with Crippen molar-refractivity contribution in [1.82, 2.24) is 19.7 Å². The number of carbonyl (C=O) groups excluding carboxylic acids is 1. The number of piperidine rings is 1. The Labute approximate surface area is 135 Å². The Bertz CT molecular complexity index is 560. The lowest BCUT2D eigenvalue weighted by atomic mass is 9.84. The van der Waals surface area contributed by atoms with Crippen molar-refractivity contribution in [1.29, 1.82) is 0 Å². The first kappa shape index (κ1) is 16.3. The number of amides is 1. The molecule has 23 heavy (non-hydrogen) atoms. The van der Waals surface area contributed by atoms with Crippen LogP contribution in [0, 0.1) is 5.92 Å². The van der Waals surface area contributed by atoms with Gasteiger partial charge in [-0.25, -0.2) is 8.78 Å². The van der Waals surface area contributed by atoms with E-state index < -0.39 is 11.8 Å². The fraction of sp³-hybridized carbons (Fsp3) is 0.812. The number of rotatable bonds is 3. The van der Waals surface area contributed by atoms with E-state index >= 15 is 0 Å². The van der Waals surface area contributed by atoms with Gasteiger partial charge in [0.05, 0.1) is 0 Å². The van der Waals surface area contributed by atoms with Crippen LogP contribution in [0.5, 0.6) is 0 Å². The van der Waals surface area contributed by atoms with Crippen LogP contribution in [0.1, 0.15) is 57.2 Å². The Morgan fingerprint density at radius 2 is 2.22 bits per heavy atom. The molecular formula is C16H24F2N4O. The minimum atomic E-state index is -2.68. The zero-order valence-electron chi connectivity index (χ0n) is 13.5. The molecule has 0 aromatic carbocycles. The van der Waals surface area contributed by atoms with Crippen molar-refractivity contribution in [3.05, 3.63) is 12.2 Å². The van der Waals surface area contributed by atoms with Gasteiger partial charge >= 0.3 is 0 Å². The molecule has 2 fully saturated rings. The molecule has 0 unspecified atom stereocenters. The Kier molecular flexibility index (Phi) is 4.64. The summed E-state index contributed by atoms with van der Waals surface area (Å²) in [6, 6.07) is 0. The lowest BCUT2D eigenvalue weighted by Crippen LogP contribution is -2.45. The van der Waals surface area contributed by atoms with Gasteiger partial charge in [0, 0.05) is 44.3 Å². The molecule has 0 bridgehead atoms. The molecule has 0 spiro atoms. The van der Waals surface area contributed by atoms with Crippen LogP contribution in [-0.2, 0) is 11.3 Å². The van der Waals surface area contributed by atoms with Crippen LogP contribution in [0.4, 0.5) is 8.78 Å². The zero-order chi connectivity index (χ0) is 16.4. The molecule has 0 N–H and O–H groups in total. The lowest BCUT2D eigenvalue weighted by molar-refractivity contribution is -0.144. The fourth-order valence-corrected chi connectivity index (χ4v) is 3.85. The van der Waals surface area contributed by atoms with E-state index in [2.05, 4.69) is 10.2 Å². The lowest BCUT2D eigenvalue weighted by Gasteiger charge is -2.37. The van der Waals surface area contributed by atoms with E-state index in [0.717, 1.165) is 25.2 Å². The summed E-state index contributed by atoms with van der Waals surface area (Å²) in [5.41, 5.74) is 0. The van der Waals surface area contributed by atoms with E-state index in [1.54, 1.807) is 11.2 Å². The normalized spacial score (nSPS) is 27.9. The van der Waals surface area contributed by atoms with Gasteiger partial charge < -0.3 is 9.47 Å². The first-order valence-electron chi connectivity index (χ1n) is 8.54. The van der Waals surface area contributed by atoms with Crippen molar-refractivity contribution in [3.63, 3.8) is 0 Å². The predicted molar refractivity (Wildman–Crippen MR) is 81.2 cm³/mol. The maximum Gasteiger partial charge on any atom is 0.248 e. The van der Waals surface area contributed by atoms with Crippen molar-refractivity contribution in [2.24, 2.45) is 5.92 Å². The highest BCUT2D eigenvalue weighted by molar-refractivity contribution is 5.79. The van der Waals surface area contributed by atoms with Gasteiger partial charge in [0.15, 0.2) is 0 Å². The maximum atomic E-state index is 13.6. The monoisotopic (exact) mass is 326 g/mol. The fourth-order valence-electron chi connectivity index (χ4n) is 3.85. The van der Waals surface area contributed by atoms with E-state index in [1.165, 1.54) is 0 Å². The summed E-state index contributed by atoms with van der Waals surface area (Å²) in [6.07, 6.45) is 4.19. The quantitative estimate of drug-likeness (QED) is 0.858. The standard InChI is InChI=1S/C16H24F2N4O/c1-2-21-11-19-20-14(21)13-6-4-8-22(10-13)15(23)12-5-3-7-16(17,18)9-12/h11-13H,2-10H2,1H3/t12-,13+/m0/s1. The summed E-state index contributed by atoms with van der Waals surface area (Å²) >= 11 is 0. The first-order valence-corrected chi connectivity index (χ1v) is 8.54. The molecule has 1 saturated carbocycles. The molecular weight excluding hydrogens is 302 g/mol. The van der Waals surface area contributed by atoms with Crippen LogP contribution >= 0.6 is 0 Å². The number of likely N-dealkylation sites (tertiary alicyclic amines) is 1. The Morgan fingerprint density at radius 3 is 2.96 bits per heavy atom. The molecule has 128 valence electrons. The molecule has 2 heterocycles. The summed E-state index contributed by atoms with van der Waals surface area (Å²) < 4.78 is 29.2. The predicted octanol–water partition coefficient (Wildman–Crippen LogP) is 2.83. The molecule has 2 atom stereocenters. The smallest absolute Gasteiger partial charge is 0.248 e. The minimum Gasteiger partial charge on any atom is -0.342 e. The Balaban J connectivity index is 1.67. The summed E-state index contributed by atoms with van der Waals surface area (Å²) in [6.45, 7) is 4.06. The highest BCUT2D eigenvalue weighted by atomic mass is 19.3. The molecule has 1 aromatic rings. The third-order valence-electron chi connectivity index (χ3n) is 5.07. The SMILES string of the molecule is CCn1cnnc1[C@@H]1CCCN(C(=O)[C@H]2CCCC(F)(F)C2)C1. The van der Waals surface area contributed by atoms with Gasteiger partial charge in [0.25, 0.3) is 0 Å². The van der Waals surface area contributed by atoms with Crippen LogP contribution in [0.15, 0.2) is 6.33 Å². The topological polar surface area (TPSA) is 51.0 Å². The number of hydrogen-bond donors (Lipinski definition) is 0. The molecule has 1 saturated heterocycles. The molecule has 1 amide bonds. The second kappa shape index (κ2) is 6.53. The van der Waals surface area contributed by atoms with Crippen molar-refractivity contribution in [3.8, 4) is 0 Å². The highest BCUT2D eigenvalue weighted by Crippen LogP contribution is 2.38. The van der Waals surface area contributed by atoms with Gasteiger partial charge in [-0.05, 0) is 32.6 Å². The third-order valence-corrected chi connectivity index (χ3v) is 5.07. The third kappa shape index (κ3) is 3.53. The molecule has 7 heteroatoms. The molecule has 1 aliphatic carbocycles. The molecule has 0 radical (unpaired) electrons. The van der Waals surface area contributed by atoms with Crippen molar-refractivity contribution in [2.45, 2.75) is 63.8 Å². The molecule has 1 aromatic heterocycles. The second-order valence-electron chi connectivity index (χ2n) is 6.75. The largest absolute Gasteiger partial charge is 0.342 e. The van der Waals surface area contributed by atoms with Gasteiger partial charge in [-0.15, -0.1) is 10.2 Å². The van der Waals surface area contributed by atoms with Gasteiger partial charge in [0.1, 0.15) is 12.2 Å². The number of nitrogens with zero attached hydrogens (tertiary/aromatic N) is 4. The van der Waals surface area contributed by atoms with Gasteiger partial charge in [-0.2, -0.15) is 0 Å². The zero-order valence-corrected chi connectivity index (χ0v) is 13.5. The van der Waals surface area contributed by atoms with Crippen molar-refractivity contribution >= 4 is 5.91 Å². The molecule has 3 rings (SSSR count). The van der Waals surface area contributed by atoms with Gasteiger partial charge in [0.2, 0.25) is 11.8 Å². The summed E-state index contributed by atoms with van der Waals surface area (Å²) in [5, 5.41) is 8.15. The number of halogens is 2. The van der Waals surface area contributed by atoms with Crippen molar-refractivity contribution in [2.75, 3.05) is 13.1 Å². The number of aromatic nitrogens is 3. The van der Waals surface area contributed by atoms with Gasteiger partial charge in [-0.1, -0.05) is 0 Å². The van der Waals surface area contributed by atoms with Gasteiger partial charge in [-0.3, -0.25) is 4.79 Å². The Hall–Kier alpha value is -1.53. The van der Waals surface area contributed by atoms with E-state index in [4.69, 9.17) is 0 Å². The van der Waals surface area contributed by atoms with E-state index in [-0.39, 0.29) is 24.7 Å². The number of alkyl halides is 2. The number of hydrogen-bond acceptors (Lipinski definition) is 3. The summed E-state index contributed by atoms with van der Waals surface area (Å²) in [5.74, 6) is -2.26. The summed E-state index contributed by atoms with van der Waals surface area (Å²) in [4.78, 5) is 14.4. The maximum absolute atomic E-state index is 13.6. The van der Waals surface area contributed by atoms with Crippen LogP contribution in [-0.4, -0.2) is 44.6 Å². The minimum absolute atomic E-state index is 0.0843. The van der Waals surface area contributed by atoms with Crippen LogP contribution in [0.3, 0.4) is 0 Å². The second-order valence-corrected chi connectivity index (χ2v) is 6.75. The van der Waals surface area contributed by atoms with Crippen LogP contribution < -0.4 is 0 Å². The molecule has 5 nitrogen and oxygen atoms in total. The average Bonchev–Trinajstić information content (AvgIpc) is 3.02. The number of aryl methyl sites for hydroxylation is 1. The average molecular weight is 326 g/mol. The number of carbonyl (C=O) groups is 1. The molecule has 1 aliphatic heterocycles. The first-order chi connectivity index (χ1) is 11.0. The van der Waals surface area contributed by atoms with Crippen molar-refractivity contribution < 1.29 is 13.6 Å². The van der Waals surface area contributed by atoms with E-state index in [1.807, 2.05) is 11.5 Å². The Morgan fingerprint density at radius 1 is 1.39 bits per heavy atom.